The summed E-state index contributed by atoms with van der Waals surface area (Å²) in [5.41, 5.74) is 1.90. The van der Waals surface area contributed by atoms with Gasteiger partial charge in [-0.05, 0) is 45.7 Å². The topological polar surface area (TPSA) is 38.3 Å². The summed E-state index contributed by atoms with van der Waals surface area (Å²) in [6.07, 6.45) is 1.43. The predicted octanol–water partition coefficient (Wildman–Crippen LogP) is 3.75. The molecule has 0 bridgehead atoms. The molecule has 0 spiro atoms. The molecule has 0 amide bonds. The normalized spacial score (nSPS) is 29.0. The van der Waals surface area contributed by atoms with Gasteiger partial charge in [-0.1, -0.05) is 18.2 Å². The zero-order chi connectivity index (χ0) is 15.3. The first-order valence-corrected chi connectivity index (χ1v) is 7.84. The van der Waals surface area contributed by atoms with E-state index in [9.17, 15) is 4.79 Å². The van der Waals surface area contributed by atoms with Crippen LogP contribution in [0.5, 0.6) is 0 Å². The molecular formula is C18H25NO2. The van der Waals surface area contributed by atoms with E-state index in [1.807, 2.05) is 19.9 Å². The highest BCUT2D eigenvalue weighted by molar-refractivity contribution is 5.84. The number of nitrogens with one attached hydrogen (secondary N) is 1. The summed E-state index contributed by atoms with van der Waals surface area (Å²) in [7, 11) is 0. The molecule has 0 aliphatic carbocycles. The summed E-state index contributed by atoms with van der Waals surface area (Å²) in [6.45, 7) is 9.11. The van der Waals surface area contributed by atoms with Gasteiger partial charge in [0.15, 0.2) is 0 Å². The molecule has 1 fully saturated rings. The van der Waals surface area contributed by atoms with Crippen molar-refractivity contribution in [1.82, 2.24) is 0 Å². The standard InChI is InChI=1S/C18H25NO2/c1-17(2)10-14(18(3,4)21-17)16(20)9-12-11-19-15-8-6-5-7-13(12)15/h5-8,12,14,19H,9-11H2,1-4H3. The number of carbonyl (C=O) groups excluding carboxylic acids is 1. The minimum absolute atomic E-state index is 0.000243. The van der Waals surface area contributed by atoms with Crippen molar-refractivity contribution in [3.05, 3.63) is 29.8 Å². The van der Waals surface area contributed by atoms with Crippen molar-refractivity contribution in [1.29, 1.82) is 0 Å². The van der Waals surface area contributed by atoms with E-state index in [0.717, 1.165) is 13.0 Å². The average Bonchev–Trinajstić information content (AvgIpc) is 2.87. The SMILES string of the molecule is CC1(C)CC(C(=O)CC2CNc3ccccc32)C(C)(C)O1. The van der Waals surface area contributed by atoms with Crippen LogP contribution in [0.3, 0.4) is 0 Å². The first-order chi connectivity index (χ1) is 9.78. The number of hydrogen-bond donors (Lipinski definition) is 1. The monoisotopic (exact) mass is 287 g/mol. The second kappa shape index (κ2) is 4.84. The van der Waals surface area contributed by atoms with Gasteiger partial charge < -0.3 is 10.1 Å². The van der Waals surface area contributed by atoms with Crippen LogP contribution in [0.25, 0.3) is 0 Å². The Morgan fingerprint density at radius 3 is 2.67 bits per heavy atom. The van der Waals surface area contributed by atoms with Crippen molar-refractivity contribution in [3.63, 3.8) is 0 Å². The third-order valence-electron chi connectivity index (χ3n) is 4.85. The van der Waals surface area contributed by atoms with Crippen LogP contribution in [-0.2, 0) is 9.53 Å². The van der Waals surface area contributed by atoms with E-state index in [1.54, 1.807) is 0 Å². The molecule has 2 aliphatic rings. The van der Waals surface area contributed by atoms with E-state index < -0.39 is 0 Å². The minimum Gasteiger partial charge on any atom is -0.384 e. The minimum atomic E-state index is -0.355. The summed E-state index contributed by atoms with van der Waals surface area (Å²) < 4.78 is 6.07. The summed E-state index contributed by atoms with van der Waals surface area (Å²) in [6, 6.07) is 8.31. The summed E-state index contributed by atoms with van der Waals surface area (Å²) in [4.78, 5) is 12.8. The number of benzene rings is 1. The maximum absolute atomic E-state index is 12.8. The highest BCUT2D eigenvalue weighted by Gasteiger charge is 2.49. The molecule has 2 aliphatic heterocycles. The Labute approximate surface area is 127 Å². The molecule has 1 aromatic rings. The largest absolute Gasteiger partial charge is 0.384 e. The summed E-state index contributed by atoms with van der Waals surface area (Å²) in [5.74, 6) is 0.641. The Kier molecular flexibility index (Phi) is 3.36. The zero-order valence-corrected chi connectivity index (χ0v) is 13.4. The second-order valence-electron chi connectivity index (χ2n) is 7.56. The first-order valence-electron chi connectivity index (χ1n) is 7.84. The zero-order valence-electron chi connectivity index (χ0n) is 13.4. The van der Waals surface area contributed by atoms with E-state index in [0.29, 0.717) is 18.1 Å². The van der Waals surface area contributed by atoms with Crippen LogP contribution in [0.4, 0.5) is 5.69 Å². The van der Waals surface area contributed by atoms with E-state index in [4.69, 9.17) is 4.74 Å². The maximum atomic E-state index is 12.8. The molecule has 1 aromatic carbocycles. The number of fused-ring (bicyclic) bond motifs is 1. The molecule has 3 rings (SSSR count). The molecule has 114 valence electrons. The molecule has 3 nitrogen and oxygen atoms in total. The lowest BCUT2D eigenvalue weighted by atomic mass is 9.80. The van der Waals surface area contributed by atoms with Crippen LogP contribution in [0, 0.1) is 5.92 Å². The van der Waals surface area contributed by atoms with Gasteiger partial charge in [0, 0.05) is 30.5 Å². The van der Waals surface area contributed by atoms with Gasteiger partial charge in [0.1, 0.15) is 5.78 Å². The molecule has 2 unspecified atom stereocenters. The number of rotatable bonds is 3. The molecule has 21 heavy (non-hydrogen) atoms. The third kappa shape index (κ3) is 2.71. The lowest BCUT2D eigenvalue weighted by Gasteiger charge is -2.27. The summed E-state index contributed by atoms with van der Waals surface area (Å²) >= 11 is 0. The van der Waals surface area contributed by atoms with Crippen molar-refractivity contribution in [3.8, 4) is 0 Å². The van der Waals surface area contributed by atoms with Crippen molar-refractivity contribution >= 4 is 11.5 Å². The fourth-order valence-electron chi connectivity index (χ4n) is 3.99. The van der Waals surface area contributed by atoms with Crippen LogP contribution < -0.4 is 5.32 Å². The average molecular weight is 287 g/mol. The van der Waals surface area contributed by atoms with Crippen LogP contribution in [-0.4, -0.2) is 23.5 Å². The first kappa shape index (κ1) is 14.6. The molecule has 0 saturated carbocycles. The van der Waals surface area contributed by atoms with Gasteiger partial charge in [0.05, 0.1) is 11.2 Å². The third-order valence-corrected chi connectivity index (χ3v) is 4.85. The van der Waals surface area contributed by atoms with E-state index >= 15 is 0 Å². The molecule has 1 saturated heterocycles. The lowest BCUT2D eigenvalue weighted by Crippen LogP contribution is -2.34. The van der Waals surface area contributed by atoms with Gasteiger partial charge in [0.2, 0.25) is 0 Å². The molecule has 0 aromatic heterocycles. The van der Waals surface area contributed by atoms with Gasteiger partial charge in [0.25, 0.3) is 0 Å². The molecule has 0 radical (unpaired) electrons. The quantitative estimate of drug-likeness (QED) is 0.920. The summed E-state index contributed by atoms with van der Waals surface area (Å²) in [5, 5.41) is 3.40. The highest BCUT2D eigenvalue weighted by Crippen LogP contribution is 2.44. The van der Waals surface area contributed by atoms with Gasteiger partial charge in [-0.25, -0.2) is 0 Å². The Morgan fingerprint density at radius 1 is 1.29 bits per heavy atom. The van der Waals surface area contributed by atoms with Gasteiger partial charge >= 0.3 is 0 Å². The Balaban J connectivity index is 1.74. The number of ketones is 1. The smallest absolute Gasteiger partial charge is 0.139 e. The number of para-hydroxylation sites is 1. The molecular weight excluding hydrogens is 262 g/mol. The Hall–Kier alpha value is -1.35. The second-order valence-corrected chi connectivity index (χ2v) is 7.56. The highest BCUT2D eigenvalue weighted by atomic mass is 16.5. The molecule has 3 heteroatoms. The van der Waals surface area contributed by atoms with Crippen molar-refractivity contribution in [2.45, 2.75) is 57.7 Å². The maximum Gasteiger partial charge on any atom is 0.139 e. The van der Waals surface area contributed by atoms with Crippen molar-refractivity contribution in [2.24, 2.45) is 5.92 Å². The number of Topliss-reactive ketones (excluding diaryl/α,β-unsaturated/α-hetero) is 1. The van der Waals surface area contributed by atoms with E-state index in [1.165, 1.54) is 11.3 Å². The van der Waals surface area contributed by atoms with Gasteiger partial charge in [-0.3, -0.25) is 4.79 Å². The van der Waals surface area contributed by atoms with E-state index in [2.05, 4.69) is 37.4 Å². The van der Waals surface area contributed by atoms with Crippen LogP contribution in [0.2, 0.25) is 0 Å². The van der Waals surface area contributed by atoms with Crippen LogP contribution in [0.1, 0.15) is 52.0 Å². The predicted molar refractivity (Wildman–Crippen MR) is 84.6 cm³/mol. The molecule has 2 atom stereocenters. The van der Waals surface area contributed by atoms with Crippen LogP contribution in [0.15, 0.2) is 24.3 Å². The van der Waals surface area contributed by atoms with Crippen molar-refractivity contribution < 1.29 is 9.53 Å². The van der Waals surface area contributed by atoms with Gasteiger partial charge in [-0.2, -0.15) is 0 Å². The Morgan fingerprint density at radius 2 is 2.00 bits per heavy atom. The number of carbonyl (C=O) groups is 1. The van der Waals surface area contributed by atoms with Crippen molar-refractivity contribution in [2.75, 3.05) is 11.9 Å². The van der Waals surface area contributed by atoms with E-state index in [-0.39, 0.29) is 17.1 Å². The van der Waals surface area contributed by atoms with Gasteiger partial charge in [-0.15, -0.1) is 0 Å². The fraction of sp³-hybridized carbons (Fsp3) is 0.611. The number of anilines is 1. The van der Waals surface area contributed by atoms with Crippen LogP contribution >= 0.6 is 0 Å². The lowest BCUT2D eigenvalue weighted by molar-refractivity contribution is -0.129. The fourth-order valence-corrected chi connectivity index (χ4v) is 3.99. The Bertz CT molecular complexity index is 562. The molecule has 2 heterocycles. The number of hydrogen-bond acceptors (Lipinski definition) is 3. The molecule has 1 N–H and O–H groups in total. The number of ether oxygens (including phenoxy) is 1.